The molecule has 6 heteroatoms. The van der Waals surface area contributed by atoms with Gasteiger partial charge in [-0.1, -0.05) is 40.9 Å². The van der Waals surface area contributed by atoms with Gasteiger partial charge in [-0.05, 0) is 43.2 Å². The zero-order valence-corrected chi connectivity index (χ0v) is 13.7. The molecule has 0 saturated carbocycles. The first-order valence-electron chi connectivity index (χ1n) is 6.12. The lowest BCUT2D eigenvalue weighted by Gasteiger charge is -2.12. The first kappa shape index (κ1) is 16.0. The number of nitrogens with two attached hydrogens (primary N) is 1. The Hall–Kier alpha value is -1.42. The van der Waals surface area contributed by atoms with Crippen LogP contribution in [0.1, 0.15) is 21.5 Å². The Bertz CT molecular complexity index is 706. The monoisotopic (exact) mass is 342 g/mol. The van der Waals surface area contributed by atoms with E-state index in [4.69, 9.17) is 40.5 Å². The summed E-state index contributed by atoms with van der Waals surface area (Å²) in [5, 5.41) is 3.65. The molecule has 0 saturated heterocycles. The number of benzene rings is 2. The molecule has 1 amide bonds. The molecular weight excluding hydrogens is 331 g/mol. The van der Waals surface area contributed by atoms with Crippen LogP contribution in [-0.4, -0.2) is 5.91 Å². The van der Waals surface area contributed by atoms with Crippen LogP contribution in [0.25, 0.3) is 0 Å². The summed E-state index contributed by atoms with van der Waals surface area (Å²) in [4.78, 5) is 12.4. The van der Waals surface area contributed by atoms with Gasteiger partial charge in [0, 0.05) is 16.3 Å². The van der Waals surface area contributed by atoms with E-state index >= 15 is 0 Å². The molecule has 0 aromatic heterocycles. The maximum absolute atomic E-state index is 12.4. The standard InChI is InChI=1S/C15H13Cl3N2O/c1-7-3-8(2)13(19)6-10(7)15(21)20-14-11(17)4-9(16)5-12(14)18/h3-6H,19H2,1-2H3,(H,20,21). The molecule has 2 rings (SSSR count). The molecule has 0 aliphatic heterocycles. The van der Waals surface area contributed by atoms with Crippen molar-refractivity contribution in [3.8, 4) is 0 Å². The van der Waals surface area contributed by atoms with E-state index in [0.717, 1.165) is 11.1 Å². The van der Waals surface area contributed by atoms with Gasteiger partial charge in [0.1, 0.15) is 0 Å². The van der Waals surface area contributed by atoms with Gasteiger partial charge >= 0.3 is 0 Å². The normalized spacial score (nSPS) is 10.5. The Morgan fingerprint density at radius 2 is 1.57 bits per heavy atom. The molecule has 0 bridgehead atoms. The second kappa shape index (κ2) is 6.14. The van der Waals surface area contributed by atoms with Gasteiger partial charge in [0.2, 0.25) is 0 Å². The van der Waals surface area contributed by atoms with Crippen molar-refractivity contribution in [2.24, 2.45) is 0 Å². The largest absolute Gasteiger partial charge is 0.398 e. The summed E-state index contributed by atoms with van der Waals surface area (Å²) in [7, 11) is 0. The molecular formula is C15H13Cl3N2O. The van der Waals surface area contributed by atoms with Gasteiger partial charge in [0.05, 0.1) is 15.7 Å². The highest BCUT2D eigenvalue weighted by atomic mass is 35.5. The molecule has 3 N–H and O–H groups in total. The van der Waals surface area contributed by atoms with Crippen molar-refractivity contribution >= 4 is 52.1 Å². The predicted molar refractivity (Wildman–Crippen MR) is 89.8 cm³/mol. The Morgan fingerprint density at radius 1 is 1.00 bits per heavy atom. The Morgan fingerprint density at radius 3 is 2.14 bits per heavy atom. The van der Waals surface area contributed by atoms with E-state index in [1.165, 1.54) is 12.1 Å². The van der Waals surface area contributed by atoms with Crippen LogP contribution in [0, 0.1) is 13.8 Å². The highest BCUT2D eigenvalue weighted by Crippen LogP contribution is 2.34. The zero-order valence-electron chi connectivity index (χ0n) is 11.4. The number of rotatable bonds is 2. The minimum absolute atomic E-state index is 0.276. The zero-order chi connectivity index (χ0) is 15.7. The summed E-state index contributed by atoms with van der Waals surface area (Å²) in [5.74, 6) is -0.328. The number of aryl methyl sites for hydroxylation is 2. The third-order valence-electron chi connectivity index (χ3n) is 3.10. The van der Waals surface area contributed by atoms with Crippen molar-refractivity contribution in [1.29, 1.82) is 0 Å². The van der Waals surface area contributed by atoms with E-state index in [2.05, 4.69) is 5.32 Å². The molecule has 0 atom stereocenters. The third-order valence-corrected chi connectivity index (χ3v) is 3.92. The number of anilines is 2. The molecule has 2 aromatic carbocycles. The fourth-order valence-corrected chi connectivity index (χ4v) is 2.87. The molecule has 21 heavy (non-hydrogen) atoms. The average molecular weight is 344 g/mol. The van der Waals surface area contributed by atoms with E-state index in [-0.39, 0.29) is 16.0 Å². The van der Waals surface area contributed by atoms with E-state index in [1.54, 1.807) is 6.07 Å². The summed E-state index contributed by atoms with van der Waals surface area (Å²) in [6.45, 7) is 3.73. The molecule has 0 spiro atoms. The van der Waals surface area contributed by atoms with Crippen molar-refractivity contribution in [3.05, 3.63) is 56.0 Å². The lowest BCUT2D eigenvalue weighted by atomic mass is 10.0. The van der Waals surface area contributed by atoms with Crippen molar-refractivity contribution in [2.45, 2.75) is 13.8 Å². The highest BCUT2D eigenvalue weighted by Gasteiger charge is 2.15. The van der Waals surface area contributed by atoms with Crippen molar-refractivity contribution < 1.29 is 4.79 Å². The lowest BCUT2D eigenvalue weighted by Crippen LogP contribution is -2.15. The first-order chi connectivity index (χ1) is 9.79. The van der Waals surface area contributed by atoms with Crippen LogP contribution < -0.4 is 11.1 Å². The smallest absolute Gasteiger partial charge is 0.256 e. The average Bonchev–Trinajstić information content (AvgIpc) is 2.37. The Balaban J connectivity index is 2.37. The number of hydrogen-bond acceptors (Lipinski definition) is 2. The van der Waals surface area contributed by atoms with Gasteiger partial charge < -0.3 is 11.1 Å². The topological polar surface area (TPSA) is 55.1 Å². The highest BCUT2D eigenvalue weighted by molar-refractivity contribution is 6.42. The van der Waals surface area contributed by atoms with Crippen LogP contribution in [-0.2, 0) is 0 Å². The molecule has 0 aliphatic rings. The van der Waals surface area contributed by atoms with Gasteiger partial charge in [-0.25, -0.2) is 0 Å². The van der Waals surface area contributed by atoms with Gasteiger partial charge in [0.15, 0.2) is 0 Å². The molecule has 0 fully saturated rings. The first-order valence-corrected chi connectivity index (χ1v) is 7.25. The summed E-state index contributed by atoms with van der Waals surface area (Å²) in [6.07, 6.45) is 0. The quantitative estimate of drug-likeness (QED) is 0.745. The SMILES string of the molecule is Cc1cc(C)c(C(=O)Nc2c(Cl)cc(Cl)cc2Cl)cc1N. The maximum Gasteiger partial charge on any atom is 0.256 e. The van der Waals surface area contributed by atoms with E-state index in [9.17, 15) is 4.79 Å². The third kappa shape index (κ3) is 3.43. The second-order valence-corrected chi connectivity index (χ2v) is 5.97. The number of amides is 1. The minimum atomic E-state index is -0.328. The van der Waals surface area contributed by atoms with Crippen LogP contribution >= 0.6 is 34.8 Å². The molecule has 0 unspecified atom stereocenters. The number of nitrogen functional groups attached to an aromatic ring is 1. The molecule has 3 nitrogen and oxygen atoms in total. The van der Waals surface area contributed by atoms with Crippen molar-refractivity contribution in [3.63, 3.8) is 0 Å². The Labute approximate surface area is 138 Å². The number of halogens is 3. The summed E-state index contributed by atoms with van der Waals surface area (Å²) >= 11 is 17.9. The van der Waals surface area contributed by atoms with Crippen LogP contribution in [0.15, 0.2) is 24.3 Å². The van der Waals surface area contributed by atoms with Crippen LogP contribution in [0.3, 0.4) is 0 Å². The van der Waals surface area contributed by atoms with Crippen molar-refractivity contribution in [2.75, 3.05) is 11.1 Å². The lowest BCUT2D eigenvalue weighted by molar-refractivity contribution is 0.102. The van der Waals surface area contributed by atoms with Crippen LogP contribution in [0.4, 0.5) is 11.4 Å². The number of nitrogens with one attached hydrogen (secondary N) is 1. The molecule has 0 heterocycles. The van der Waals surface area contributed by atoms with Gasteiger partial charge in [0.25, 0.3) is 5.91 Å². The Kier molecular flexibility index (Phi) is 4.67. The van der Waals surface area contributed by atoms with Crippen molar-refractivity contribution in [1.82, 2.24) is 0 Å². The minimum Gasteiger partial charge on any atom is -0.398 e. The predicted octanol–water partition coefficient (Wildman–Crippen LogP) is 5.10. The van der Waals surface area contributed by atoms with Crippen LogP contribution in [0.2, 0.25) is 15.1 Å². The number of hydrogen-bond donors (Lipinski definition) is 2. The fourth-order valence-electron chi connectivity index (χ4n) is 1.96. The van der Waals surface area contributed by atoms with Crippen LogP contribution in [0.5, 0.6) is 0 Å². The van der Waals surface area contributed by atoms with Gasteiger partial charge in [-0.2, -0.15) is 0 Å². The second-order valence-electron chi connectivity index (χ2n) is 4.72. The number of carbonyl (C=O) groups excluding carboxylic acids is 1. The molecule has 0 aliphatic carbocycles. The van der Waals surface area contributed by atoms with E-state index in [0.29, 0.717) is 22.0 Å². The summed E-state index contributed by atoms with van der Waals surface area (Å²) in [5.41, 5.74) is 8.95. The summed E-state index contributed by atoms with van der Waals surface area (Å²) in [6, 6.07) is 6.52. The molecule has 110 valence electrons. The van der Waals surface area contributed by atoms with Gasteiger partial charge in [-0.15, -0.1) is 0 Å². The fraction of sp³-hybridized carbons (Fsp3) is 0.133. The van der Waals surface area contributed by atoms with E-state index < -0.39 is 0 Å². The van der Waals surface area contributed by atoms with Gasteiger partial charge in [-0.3, -0.25) is 4.79 Å². The molecule has 2 aromatic rings. The molecule has 0 radical (unpaired) electrons. The summed E-state index contributed by atoms with van der Waals surface area (Å²) < 4.78 is 0. The van der Waals surface area contributed by atoms with E-state index in [1.807, 2.05) is 19.9 Å². The number of carbonyl (C=O) groups is 1. The maximum atomic E-state index is 12.4.